The number of rotatable bonds is 3. The number of benzene rings is 2. The molecule has 0 radical (unpaired) electrons. The van der Waals surface area contributed by atoms with E-state index < -0.39 is 0 Å². The number of halogens is 1. The molecule has 0 spiro atoms. The first-order valence-electron chi connectivity index (χ1n) is 7.44. The van der Waals surface area contributed by atoms with Crippen LogP contribution in [0, 0.1) is 0 Å². The van der Waals surface area contributed by atoms with E-state index in [0.717, 1.165) is 39.4 Å². The molecule has 0 aliphatic rings. The average Bonchev–Trinajstić information content (AvgIpc) is 3.19. The van der Waals surface area contributed by atoms with Gasteiger partial charge in [0, 0.05) is 23.1 Å². The molecule has 0 saturated heterocycles. The molecule has 4 aromatic rings. The van der Waals surface area contributed by atoms with Crippen molar-refractivity contribution in [2.45, 2.75) is 13.5 Å². The lowest BCUT2D eigenvalue weighted by Crippen LogP contribution is -1.92. The lowest BCUT2D eigenvalue weighted by Gasteiger charge is -2.01. The average molecular weight is 340 g/mol. The molecular weight excluding hydrogens is 326 g/mol. The molecule has 0 unspecified atom stereocenters. The summed E-state index contributed by atoms with van der Waals surface area (Å²) in [6, 6.07) is 16.3. The highest BCUT2D eigenvalue weighted by molar-refractivity contribution is 7.13. The van der Waals surface area contributed by atoms with Gasteiger partial charge in [0.05, 0.1) is 11.2 Å². The summed E-state index contributed by atoms with van der Waals surface area (Å²) in [4.78, 5) is 9.33. The summed E-state index contributed by atoms with van der Waals surface area (Å²) in [7, 11) is 0. The van der Waals surface area contributed by atoms with E-state index in [2.05, 4.69) is 35.5 Å². The fourth-order valence-corrected chi connectivity index (χ4v) is 3.88. The Morgan fingerprint density at radius 3 is 2.65 bits per heavy atom. The Morgan fingerprint density at radius 2 is 1.87 bits per heavy atom. The number of aryl methyl sites for hydroxylation is 1. The third-order valence-corrected chi connectivity index (χ3v) is 5.02. The van der Waals surface area contributed by atoms with Crippen LogP contribution in [0.25, 0.3) is 32.9 Å². The van der Waals surface area contributed by atoms with Crippen LogP contribution in [-0.4, -0.2) is 14.5 Å². The Balaban J connectivity index is 1.86. The van der Waals surface area contributed by atoms with E-state index in [1.807, 2.05) is 34.9 Å². The van der Waals surface area contributed by atoms with Gasteiger partial charge in [-0.3, -0.25) is 0 Å². The minimum Gasteiger partial charge on any atom is -0.315 e. The van der Waals surface area contributed by atoms with Crippen molar-refractivity contribution in [2.24, 2.45) is 0 Å². The molecule has 0 N–H and O–H groups in total. The Bertz CT molecular complexity index is 973. The van der Waals surface area contributed by atoms with Gasteiger partial charge in [-0.05, 0) is 30.7 Å². The number of hydrogen-bond acceptors (Lipinski definition) is 3. The molecule has 23 heavy (non-hydrogen) atoms. The number of fused-ring (bicyclic) bond motifs is 1. The molecule has 0 fully saturated rings. The zero-order valence-electron chi connectivity index (χ0n) is 12.5. The van der Waals surface area contributed by atoms with Crippen molar-refractivity contribution in [1.82, 2.24) is 14.5 Å². The van der Waals surface area contributed by atoms with Crippen LogP contribution in [0.4, 0.5) is 0 Å². The van der Waals surface area contributed by atoms with Gasteiger partial charge in [-0.2, -0.15) is 0 Å². The van der Waals surface area contributed by atoms with Crippen LogP contribution < -0.4 is 0 Å². The van der Waals surface area contributed by atoms with E-state index in [1.54, 1.807) is 11.3 Å². The Morgan fingerprint density at radius 1 is 1.04 bits per heavy atom. The molecule has 0 aliphatic heterocycles. The highest BCUT2D eigenvalue weighted by Crippen LogP contribution is 2.34. The van der Waals surface area contributed by atoms with E-state index in [0.29, 0.717) is 5.28 Å². The summed E-state index contributed by atoms with van der Waals surface area (Å²) in [5.41, 5.74) is 5.10. The number of aromatic nitrogens is 3. The topological polar surface area (TPSA) is 30.7 Å². The lowest BCUT2D eigenvalue weighted by atomic mass is 10.1. The Kier molecular flexibility index (Phi) is 3.63. The van der Waals surface area contributed by atoms with Crippen molar-refractivity contribution in [3.8, 4) is 21.8 Å². The highest BCUT2D eigenvalue weighted by Gasteiger charge is 2.15. The van der Waals surface area contributed by atoms with Crippen LogP contribution >= 0.6 is 22.9 Å². The van der Waals surface area contributed by atoms with Crippen LogP contribution in [0.1, 0.15) is 6.92 Å². The SMILES string of the molecule is CCn1c(Cl)nc2c(-c3nc(-c4ccccc4)cs3)cccc21. The Hall–Kier alpha value is -2.17. The van der Waals surface area contributed by atoms with Gasteiger partial charge in [-0.1, -0.05) is 36.4 Å². The van der Waals surface area contributed by atoms with E-state index in [9.17, 15) is 0 Å². The van der Waals surface area contributed by atoms with Gasteiger partial charge in [0.25, 0.3) is 0 Å². The van der Waals surface area contributed by atoms with Crippen LogP contribution in [0.15, 0.2) is 53.9 Å². The molecule has 3 nitrogen and oxygen atoms in total. The molecule has 5 heteroatoms. The number of thiazole rings is 1. The first-order valence-corrected chi connectivity index (χ1v) is 8.69. The van der Waals surface area contributed by atoms with Gasteiger partial charge >= 0.3 is 0 Å². The van der Waals surface area contributed by atoms with Crippen LogP contribution in [-0.2, 0) is 6.54 Å². The number of hydrogen-bond donors (Lipinski definition) is 0. The molecule has 114 valence electrons. The van der Waals surface area contributed by atoms with Crippen LogP contribution in [0.2, 0.25) is 5.28 Å². The summed E-state index contributed by atoms with van der Waals surface area (Å²) in [5.74, 6) is 0. The second kappa shape index (κ2) is 5.80. The predicted octanol–water partition coefficient (Wildman–Crippen LogP) is 5.50. The third kappa shape index (κ3) is 2.44. The summed E-state index contributed by atoms with van der Waals surface area (Å²) < 4.78 is 2.01. The third-order valence-electron chi connectivity index (χ3n) is 3.85. The van der Waals surface area contributed by atoms with E-state index in [1.165, 1.54) is 0 Å². The predicted molar refractivity (Wildman–Crippen MR) is 97.0 cm³/mol. The van der Waals surface area contributed by atoms with Crippen molar-refractivity contribution in [2.75, 3.05) is 0 Å². The minimum absolute atomic E-state index is 0.523. The summed E-state index contributed by atoms with van der Waals surface area (Å²) >= 11 is 7.89. The zero-order valence-corrected chi connectivity index (χ0v) is 14.1. The number of nitrogens with zero attached hydrogens (tertiary/aromatic N) is 3. The quantitative estimate of drug-likeness (QED) is 0.493. The van der Waals surface area contributed by atoms with E-state index in [-0.39, 0.29) is 0 Å². The first kappa shape index (κ1) is 14.4. The molecule has 4 rings (SSSR count). The van der Waals surface area contributed by atoms with Gasteiger partial charge < -0.3 is 4.57 Å². The van der Waals surface area contributed by atoms with Crippen molar-refractivity contribution in [3.05, 3.63) is 59.2 Å². The number of para-hydroxylation sites is 1. The molecule has 2 heterocycles. The molecule has 0 bridgehead atoms. The fourth-order valence-electron chi connectivity index (χ4n) is 2.73. The Labute approximate surface area is 143 Å². The maximum Gasteiger partial charge on any atom is 0.203 e. The molecule has 2 aromatic heterocycles. The largest absolute Gasteiger partial charge is 0.315 e. The molecular formula is C18H14ClN3S. The van der Waals surface area contributed by atoms with E-state index in [4.69, 9.17) is 16.6 Å². The molecule has 0 aliphatic carbocycles. The molecule has 0 saturated carbocycles. The summed E-state index contributed by atoms with van der Waals surface area (Å²) in [5, 5.41) is 3.57. The molecule has 0 amide bonds. The molecule has 2 aromatic carbocycles. The van der Waals surface area contributed by atoms with Crippen molar-refractivity contribution in [3.63, 3.8) is 0 Å². The lowest BCUT2D eigenvalue weighted by molar-refractivity contribution is 0.788. The zero-order chi connectivity index (χ0) is 15.8. The second-order valence-electron chi connectivity index (χ2n) is 5.20. The van der Waals surface area contributed by atoms with Gasteiger partial charge in [-0.25, -0.2) is 9.97 Å². The van der Waals surface area contributed by atoms with Crippen molar-refractivity contribution in [1.29, 1.82) is 0 Å². The normalized spacial score (nSPS) is 11.2. The van der Waals surface area contributed by atoms with E-state index >= 15 is 0 Å². The molecule has 0 atom stereocenters. The fraction of sp³-hybridized carbons (Fsp3) is 0.111. The van der Waals surface area contributed by atoms with Crippen LogP contribution in [0.3, 0.4) is 0 Å². The maximum atomic E-state index is 6.26. The van der Waals surface area contributed by atoms with Gasteiger partial charge in [-0.15, -0.1) is 11.3 Å². The number of imidazole rings is 1. The standard InChI is InChI=1S/C18H14ClN3S/c1-2-22-15-10-6-9-13(16(15)21-18(22)19)17-20-14(11-23-17)12-7-4-3-5-8-12/h3-11H,2H2,1H3. The summed E-state index contributed by atoms with van der Waals surface area (Å²) in [6.07, 6.45) is 0. The second-order valence-corrected chi connectivity index (χ2v) is 6.40. The van der Waals surface area contributed by atoms with Gasteiger partial charge in [0.15, 0.2) is 0 Å². The highest BCUT2D eigenvalue weighted by atomic mass is 35.5. The monoisotopic (exact) mass is 339 g/mol. The van der Waals surface area contributed by atoms with Crippen LogP contribution in [0.5, 0.6) is 0 Å². The minimum atomic E-state index is 0.523. The van der Waals surface area contributed by atoms with Gasteiger partial charge in [0.2, 0.25) is 5.28 Å². The van der Waals surface area contributed by atoms with Gasteiger partial charge in [0.1, 0.15) is 10.5 Å². The smallest absolute Gasteiger partial charge is 0.203 e. The maximum absolute atomic E-state index is 6.26. The van der Waals surface area contributed by atoms with Crippen molar-refractivity contribution >= 4 is 34.0 Å². The summed E-state index contributed by atoms with van der Waals surface area (Å²) in [6.45, 7) is 2.86. The first-order chi connectivity index (χ1) is 11.3. The van der Waals surface area contributed by atoms with Crippen molar-refractivity contribution < 1.29 is 0 Å².